The van der Waals surface area contributed by atoms with Gasteiger partial charge in [0.25, 0.3) is 5.91 Å². The maximum Gasteiger partial charge on any atom is 0.264 e. The number of carbonyl (C=O) groups is 2. The van der Waals surface area contributed by atoms with E-state index in [1.54, 1.807) is 4.90 Å². The first-order valence-electron chi connectivity index (χ1n) is 11.6. The van der Waals surface area contributed by atoms with Gasteiger partial charge in [-0.3, -0.25) is 9.59 Å². The van der Waals surface area contributed by atoms with Crippen molar-refractivity contribution in [1.82, 2.24) is 20.0 Å². The van der Waals surface area contributed by atoms with Crippen LogP contribution < -0.4 is 4.90 Å². The number of halogens is 1. The Labute approximate surface area is 208 Å². The molecule has 0 N–H and O–H groups in total. The predicted octanol–water partition coefficient (Wildman–Crippen LogP) is 4.20. The lowest BCUT2D eigenvalue weighted by Gasteiger charge is -2.27. The molecule has 1 aromatic carbocycles. The molecule has 1 saturated heterocycles. The summed E-state index contributed by atoms with van der Waals surface area (Å²) in [5.74, 6) is 0.771. The summed E-state index contributed by atoms with van der Waals surface area (Å²) < 4.78 is 0. The van der Waals surface area contributed by atoms with Crippen LogP contribution in [0.15, 0.2) is 53.9 Å². The minimum Gasteiger partial charge on any atom is -0.353 e. The molecule has 0 unspecified atom stereocenters. The molecule has 2 fully saturated rings. The molecule has 3 aromatic rings. The van der Waals surface area contributed by atoms with E-state index in [-0.39, 0.29) is 24.4 Å². The molecule has 0 bridgehead atoms. The molecule has 2 aliphatic rings. The molecule has 176 valence electrons. The summed E-state index contributed by atoms with van der Waals surface area (Å²) >= 11 is 7.71. The van der Waals surface area contributed by atoms with Crippen LogP contribution in [0.2, 0.25) is 5.02 Å². The molecule has 2 amide bonds. The number of rotatable bonds is 6. The standard InChI is InChI=1S/C25H26ClN5O2S/c26-20-6-2-1-5-19(20)21-10-11-23(28-27-21)29-12-4-13-30(15-14-29)24(32)17-31(18-8-9-18)25(33)22-7-3-16-34-22/h1-3,5-7,10-11,16,18H,4,8-9,12-15,17H2. The molecule has 0 radical (unpaired) electrons. The van der Waals surface area contributed by atoms with Gasteiger partial charge >= 0.3 is 0 Å². The van der Waals surface area contributed by atoms with Gasteiger partial charge < -0.3 is 14.7 Å². The fourth-order valence-electron chi connectivity index (χ4n) is 4.24. The third-order valence-corrected chi connectivity index (χ3v) is 7.45. The molecular weight excluding hydrogens is 470 g/mol. The second-order valence-electron chi connectivity index (χ2n) is 8.62. The fourth-order valence-corrected chi connectivity index (χ4v) is 5.15. The van der Waals surface area contributed by atoms with E-state index in [9.17, 15) is 9.59 Å². The van der Waals surface area contributed by atoms with E-state index in [1.165, 1.54) is 11.3 Å². The van der Waals surface area contributed by atoms with Crippen molar-refractivity contribution < 1.29 is 9.59 Å². The summed E-state index contributed by atoms with van der Waals surface area (Å²) in [7, 11) is 0. The van der Waals surface area contributed by atoms with E-state index in [0.717, 1.165) is 42.9 Å². The molecular formula is C25H26ClN5O2S. The number of anilines is 1. The van der Waals surface area contributed by atoms with Crippen LogP contribution in [0.3, 0.4) is 0 Å². The van der Waals surface area contributed by atoms with Crippen LogP contribution in [-0.2, 0) is 4.79 Å². The Bertz CT molecular complexity index is 1150. The first-order chi connectivity index (χ1) is 16.6. The molecule has 5 rings (SSSR count). The highest BCUT2D eigenvalue weighted by molar-refractivity contribution is 7.12. The first kappa shape index (κ1) is 22.8. The van der Waals surface area contributed by atoms with Crippen molar-refractivity contribution in [1.29, 1.82) is 0 Å². The fraction of sp³-hybridized carbons (Fsp3) is 0.360. The Morgan fingerprint density at radius 3 is 2.56 bits per heavy atom. The van der Waals surface area contributed by atoms with Crippen molar-refractivity contribution in [3.8, 4) is 11.3 Å². The van der Waals surface area contributed by atoms with Crippen LogP contribution in [0.5, 0.6) is 0 Å². The van der Waals surface area contributed by atoms with Crippen LogP contribution in [-0.4, -0.2) is 70.6 Å². The van der Waals surface area contributed by atoms with E-state index < -0.39 is 0 Å². The van der Waals surface area contributed by atoms with Gasteiger partial charge in [-0.05, 0) is 48.9 Å². The van der Waals surface area contributed by atoms with Gasteiger partial charge in [0.2, 0.25) is 5.91 Å². The number of benzene rings is 1. The van der Waals surface area contributed by atoms with Gasteiger partial charge in [-0.2, -0.15) is 0 Å². The van der Waals surface area contributed by atoms with Crippen molar-refractivity contribution >= 4 is 40.6 Å². The largest absolute Gasteiger partial charge is 0.353 e. The van der Waals surface area contributed by atoms with Gasteiger partial charge in [-0.15, -0.1) is 21.5 Å². The average Bonchev–Trinajstić information content (AvgIpc) is 3.61. The van der Waals surface area contributed by atoms with Crippen molar-refractivity contribution in [2.45, 2.75) is 25.3 Å². The molecule has 1 aliphatic heterocycles. The lowest BCUT2D eigenvalue weighted by atomic mass is 10.1. The van der Waals surface area contributed by atoms with Crippen LogP contribution >= 0.6 is 22.9 Å². The third-order valence-electron chi connectivity index (χ3n) is 6.26. The van der Waals surface area contributed by atoms with Crippen LogP contribution in [0.25, 0.3) is 11.3 Å². The number of aromatic nitrogens is 2. The number of amides is 2. The number of hydrogen-bond donors (Lipinski definition) is 0. The van der Waals surface area contributed by atoms with Crippen molar-refractivity contribution in [3.63, 3.8) is 0 Å². The Morgan fingerprint density at radius 2 is 1.85 bits per heavy atom. The summed E-state index contributed by atoms with van der Waals surface area (Å²) in [6, 6.07) is 15.4. The molecule has 34 heavy (non-hydrogen) atoms. The van der Waals surface area contributed by atoms with Crippen molar-refractivity contribution in [2.75, 3.05) is 37.6 Å². The van der Waals surface area contributed by atoms with E-state index in [0.29, 0.717) is 29.5 Å². The van der Waals surface area contributed by atoms with Crippen LogP contribution in [0.4, 0.5) is 5.82 Å². The zero-order chi connectivity index (χ0) is 23.5. The summed E-state index contributed by atoms with van der Waals surface area (Å²) in [6.45, 7) is 2.89. The van der Waals surface area contributed by atoms with Gasteiger partial charge in [0.1, 0.15) is 6.54 Å². The van der Waals surface area contributed by atoms with Crippen LogP contribution in [0, 0.1) is 0 Å². The highest BCUT2D eigenvalue weighted by Crippen LogP contribution is 2.29. The van der Waals surface area contributed by atoms with Crippen molar-refractivity contribution in [2.24, 2.45) is 0 Å². The molecule has 7 nitrogen and oxygen atoms in total. The SMILES string of the molecule is O=C(CN(C(=O)c1cccs1)C1CC1)N1CCCN(c2ccc(-c3ccccc3Cl)nn2)CC1. The highest BCUT2D eigenvalue weighted by atomic mass is 35.5. The van der Waals surface area contributed by atoms with Gasteiger partial charge in [-0.25, -0.2) is 0 Å². The quantitative estimate of drug-likeness (QED) is 0.512. The van der Waals surface area contributed by atoms with E-state index in [4.69, 9.17) is 11.6 Å². The molecule has 0 atom stereocenters. The van der Waals surface area contributed by atoms with E-state index >= 15 is 0 Å². The number of thiophene rings is 1. The average molecular weight is 496 g/mol. The maximum absolute atomic E-state index is 13.1. The summed E-state index contributed by atoms with van der Waals surface area (Å²) in [5, 5.41) is 11.3. The smallest absolute Gasteiger partial charge is 0.264 e. The number of nitrogens with zero attached hydrogens (tertiary/aromatic N) is 5. The molecule has 3 heterocycles. The van der Waals surface area contributed by atoms with E-state index in [2.05, 4.69) is 15.1 Å². The second kappa shape index (κ2) is 10.1. The highest BCUT2D eigenvalue weighted by Gasteiger charge is 2.35. The Balaban J connectivity index is 1.21. The molecule has 1 saturated carbocycles. The second-order valence-corrected chi connectivity index (χ2v) is 9.97. The van der Waals surface area contributed by atoms with Gasteiger partial charge in [0, 0.05) is 37.8 Å². The minimum absolute atomic E-state index is 0.0128. The predicted molar refractivity (Wildman–Crippen MR) is 134 cm³/mol. The summed E-state index contributed by atoms with van der Waals surface area (Å²) in [4.78, 5) is 32.5. The molecule has 0 spiro atoms. The minimum atomic E-state index is -0.0313. The summed E-state index contributed by atoms with van der Waals surface area (Å²) in [5.41, 5.74) is 1.59. The number of hydrogen-bond acceptors (Lipinski definition) is 6. The monoisotopic (exact) mass is 495 g/mol. The Hall–Kier alpha value is -2.97. The third kappa shape index (κ3) is 5.08. The topological polar surface area (TPSA) is 69.6 Å². The van der Waals surface area contributed by atoms with Crippen LogP contribution in [0.1, 0.15) is 28.9 Å². The summed E-state index contributed by atoms with van der Waals surface area (Å²) in [6.07, 6.45) is 2.78. The zero-order valence-corrected chi connectivity index (χ0v) is 20.3. The lowest BCUT2D eigenvalue weighted by Crippen LogP contribution is -2.45. The number of carbonyl (C=O) groups excluding carboxylic acids is 2. The Morgan fingerprint density at radius 1 is 1.00 bits per heavy atom. The zero-order valence-electron chi connectivity index (χ0n) is 18.8. The molecule has 2 aromatic heterocycles. The van der Waals surface area contributed by atoms with Gasteiger partial charge in [0.05, 0.1) is 15.6 Å². The maximum atomic E-state index is 13.1. The molecule has 9 heteroatoms. The lowest BCUT2D eigenvalue weighted by molar-refractivity contribution is -0.131. The first-order valence-corrected chi connectivity index (χ1v) is 12.8. The van der Waals surface area contributed by atoms with Gasteiger partial charge in [-0.1, -0.05) is 35.9 Å². The van der Waals surface area contributed by atoms with E-state index in [1.807, 2.05) is 58.8 Å². The van der Waals surface area contributed by atoms with Gasteiger partial charge in [0.15, 0.2) is 5.82 Å². The molecule has 1 aliphatic carbocycles. The van der Waals surface area contributed by atoms with Crippen molar-refractivity contribution in [3.05, 3.63) is 63.8 Å². The Kier molecular flexibility index (Phi) is 6.78. The normalized spacial score (nSPS) is 16.3.